The predicted octanol–water partition coefficient (Wildman–Crippen LogP) is 6.95. The molecule has 3 heterocycles. The molecule has 1 amide bonds. The second-order valence-electron chi connectivity index (χ2n) is 10.6. The Bertz CT molecular complexity index is 1650. The molecule has 1 saturated heterocycles. The number of methoxy groups -OCH3 is 2. The summed E-state index contributed by atoms with van der Waals surface area (Å²) in [7, 11) is 3.21. The van der Waals surface area contributed by atoms with E-state index in [1.54, 1.807) is 48.8 Å². The molecule has 2 aliphatic rings. The van der Waals surface area contributed by atoms with Crippen molar-refractivity contribution in [2.24, 2.45) is 4.99 Å². The molecule has 222 valence electrons. The van der Waals surface area contributed by atoms with Crippen LogP contribution in [0.4, 0.5) is 5.69 Å². The normalized spacial score (nSPS) is 17.3. The molecule has 2 aliphatic heterocycles. The number of thiazole rings is 1. The summed E-state index contributed by atoms with van der Waals surface area (Å²) in [5.41, 5.74) is 2.24. The summed E-state index contributed by atoms with van der Waals surface area (Å²) in [6.07, 6.45) is 7.17. The standard InChI is InChI=1S/C33H34N4O5S/c1-39-27-17-22(31-36-24-9-4-5-10-30(24)43-31)11-12-26(27)41-15-6-3-7-16-42-29-19-25-23(18-28(29)40-2)32(38)37-14-8-13-33(37,20-34)21-35-25/h4-5,9-12,17-21,34H,3,6-8,13-16H2,1-2H3. The Morgan fingerprint density at radius 1 is 0.953 bits per heavy atom. The van der Waals surface area contributed by atoms with E-state index < -0.39 is 5.54 Å². The topological polar surface area (TPSA) is 106 Å². The second kappa shape index (κ2) is 12.4. The minimum absolute atomic E-state index is 0.138. The first kappa shape index (κ1) is 28.7. The van der Waals surface area contributed by atoms with Gasteiger partial charge >= 0.3 is 0 Å². The number of hydrogen-bond acceptors (Lipinski definition) is 9. The van der Waals surface area contributed by atoms with Crippen molar-refractivity contribution in [2.45, 2.75) is 37.6 Å². The Morgan fingerprint density at radius 2 is 1.72 bits per heavy atom. The van der Waals surface area contributed by atoms with Crippen LogP contribution >= 0.6 is 11.3 Å². The quantitative estimate of drug-likeness (QED) is 0.140. The number of amides is 1. The number of nitrogens with zero attached hydrogens (tertiary/aromatic N) is 3. The SMILES string of the molecule is COc1cc(-c2nc3ccccc3s2)ccc1OCCCCCOc1cc2c(cc1OC)C(=O)N1CCCC1(C=N)C=N2. The lowest BCUT2D eigenvalue weighted by molar-refractivity contribution is 0.0747. The van der Waals surface area contributed by atoms with E-state index in [9.17, 15) is 4.79 Å². The number of ether oxygens (including phenoxy) is 4. The lowest BCUT2D eigenvalue weighted by Gasteiger charge is -2.30. The molecular formula is C33H34N4O5S. The third-order valence-electron chi connectivity index (χ3n) is 7.90. The highest BCUT2D eigenvalue weighted by Crippen LogP contribution is 2.40. The number of para-hydroxylation sites is 1. The molecule has 6 rings (SSSR count). The van der Waals surface area contributed by atoms with Crippen molar-refractivity contribution in [1.82, 2.24) is 9.88 Å². The van der Waals surface area contributed by atoms with Gasteiger partial charge in [0.15, 0.2) is 23.0 Å². The lowest BCUT2D eigenvalue weighted by atomic mass is 9.99. The van der Waals surface area contributed by atoms with Crippen molar-refractivity contribution in [3.05, 3.63) is 60.2 Å². The first-order valence-corrected chi connectivity index (χ1v) is 15.3. The average molecular weight is 599 g/mol. The van der Waals surface area contributed by atoms with Crippen LogP contribution in [0.2, 0.25) is 0 Å². The van der Waals surface area contributed by atoms with Gasteiger partial charge in [0, 0.05) is 30.6 Å². The van der Waals surface area contributed by atoms with Crippen molar-refractivity contribution in [1.29, 1.82) is 5.41 Å². The summed E-state index contributed by atoms with van der Waals surface area (Å²) >= 11 is 1.66. The summed E-state index contributed by atoms with van der Waals surface area (Å²) in [4.78, 5) is 24.4. The Balaban J connectivity index is 1.01. The van der Waals surface area contributed by atoms with Crippen molar-refractivity contribution >= 4 is 45.6 Å². The van der Waals surface area contributed by atoms with E-state index >= 15 is 0 Å². The van der Waals surface area contributed by atoms with E-state index in [-0.39, 0.29) is 5.91 Å². The molecule has 3 aromatic carbocycles. The van der Waals surface area contributed by atoms with Gasteiger partial charge in [-0.2, -0.15) is 0 Å². The number of rotatable bonds is 12. The van der Waals surface area contributed by atoms with Crippen LogP contribution in [0.1, 0.15) is 42.5 Å². The van der Waals surface area contributed by atoms with Gasteiger partial charge in [-0.25, -0.2) is 4.98 Å². The fourth-order valence-corrected chi connectivity index (χ4v) is 6.52. The van der Waals surface area contributed by atoms with Crippen LogP contribution in [0.15, 0.2) is 59.6 Å². The third-order valence-corrected chi connectivity index (χ3v) is 8.99. The molecule has 4 aromatic rings. The third kappa shape index (κ3) is 5.67. The number of aromatic nitrogens is 1. The number of fused-ring (bicyclic) bond motifs is 3. The lowest BCUT2D eigenvalue weighted by Crippen LogP contribution is -2.49. The van der Waals surface area contributed by atoms with Gasteiger partial charge in [0.1, 0.15) is 10.5 Å². The maximum absolute atomic E-state index is 13.3. The Hall–Kier alpha value is -4.44. The largest absolute Gasteiger partial charge is 0.493 e. The minimum atomic E-state index is -0.755. The first-order valence-electron chi connectivity index (χ1n) is 14.5. The van der Waals surface area contributed by atoms with E-state index in [0.717, 1.165) is 46.5 Å². The molecule has 10 heteroatoms. The summed E-state index contributed by atoms with van der Waals surface area (Å²) in [5.74, 6) is 2.29. The average Bonchev–Trinajstić information content (AvgIpc) is 3.65. The van der Waals surface area contributed by atoms with Gasteiger partial charge in [0.2, 0.25) is 0 Å². The van der Waals surface area contributed by atoms with Crippen molar-refractivity contribution in [3.63, 3.8) is 0 Å². The van der Waals surface area contributed by atoms with Crippen molar-refractivity contribution in [3.8, 4) is 33.6 Å². The predicted molar refractivity (Wildman–Crippen MR) is 169 cm³/mol. The van der Waals surface area contributed by atoms with Crippen LogP contribution in [-0.4, -0.2) is 67.7 Å². The van der Waals surface area contributed by atoms with Crippen LogP contribution < -0.4 is 18.9 Å². The zero-order valence-corrected chi connectivity index (χ0v) is 25.1. The minimum Gasteiger partial charge on any atom is -0.493 e. The van der Waals surface area contributed by atoms with E-state index in [2.05, 4.69) is 11.1 Å². The van der Waals surface area contributed by atoms with Crippen LogP contribution in [0, 0.1) is 5.41 Å². The van der Waals surface area contributed by atoms with Crippen molar-refractivity contribution < 1.29 is 23.7 Å². The molecule has 43 heavy (non-hydrogen) atoms. The van der Waals surface area contributed by atoms with E-state index in [0.29, 0.717) is 60.4 Å². The zero-order chi connectivity index (χ0) is 29.8. The fourth-order valence-electron chi connectivity index (χ4n) is 5.56. The highest BCUT2D eigenvalue weighted by Gasteiger charge is 2.43. The molecule has 0 spiro atoms. The highest BCUT2D eigenvalue weighted by molar-refractivity contribution is 7.21. The van der Waals surface area contributed by atoms with Gasteiger partial charge in [-0.15, -0.1) is 11.3 Å². The number of nitrogens with one attached hydrogen (secondary N) is 1. The number of carbonyl (C=O) groups excluding carboxylic acids is 1. The monoisotopic (exact) mass is 598 g/mol. The van der Waals surface area contributed by atoms with E-state index in [1.165, 1.54) is 6.21 Å². The molecule has 1 aromatic heterocycles. The number of hydrogen-bond donors (Lipinski definition) is 1. The fraction of sp³-hybridized carbons (Fsp3) is 0.333. The second-order valence-corrected chi connectivity index (χ2v) is 11.6. The molecule has 9 nitrogen and oxygen atoms in total. The van der Waals surface area contributed by atoms with Gasteiger partial charge in [-0.05, 0) is 68.5 Å². The van der Waals surface area contributed by atoms with Gasteiger partial charge in [0.05, 0.1) is 48.9 Å². The number of aliphatic imine (C=N–C) groups is 1. The molecule has 1 N–H and O–H groups in total. The van der Waals surface area contributed by atoms with E-state index in [1.807, 2.05) is 36.4 Å². The van der Waals surface area contributed by atoms with Crippen LogP contribution in [0.5, 0.6) is 23.0 Å². The van der Waals surface area contributed by atoms with Gasteiger partial charge in [0.25, 0.3) is 5.91 Å². The molecule has 0 bridgehead atoms. The first-order chi connectivity index (χ1) is 21.0. The summed E-state index contributed by atoms with van der Waals surface area (Å²) in [5, 5.41) is 8.89. The molecule has 1 fully saturated rings. The maximum atomic E-state index is 13.3. The summed E-state index contributed by atoms with van der Waals surface area (Å²) in [6, 6.07) is 17.5. The van der Waals surface area contributed by atoms with E-state index in [4.69, 9.17) is 29.3 Å². The molecule has 1 unspecified atom stereocenters. The summed E-state index contributed by atoms with van der Waals surface area (Å²) < 4.78 is 24.4. The number of benzene rings is 3. The molecule has 0 aliphatic carbocycles. The number of unbranched alkanes of at least 4 members (excludes halogenated alkanes) is 2. The Kier molecular flexibility index (Phi) is 8.29. The van der Waals surface area contributed by atoms with Gasteiger partial charge < -0.3 is 29.3 Å². The Labute approximate surface area is 254 Å². The maximum Gasteiger partial charge on any atom is 0.257 e. The Morgan fingerprint density at radius 3 is 2.49 bits per heavy atom. The van der Waals surface area contributed by atoms with Crippen LogP contribution in [0.25, 0.3) is 20.8 Å². The van der Waals surface area contributed by atoms with Gasteiger partial charge in [-0.1, -0.05) is 12.1 Å². The van der Waals surface area contributed by atoms with Gasteiger partial charge in [-0.3, -0.25) is 9.79 Å². The van der Waals surface area contributed by atoms with Crippen LogP contribution in [0.3, 0.4) is 0 Å². The number of carbonyl (C=O) groups is 1. The molecule has 0 radical (unpaired) electrons. The van der Waals surface area contributed by atoms with Crippen molar-refractivity contribution in [2.75, 3.05) is 34.0 Å². The molecule has 1 atom stereocenters. The smallest absolute Gasteiger partial charge is 0.257 e. The molecule has 0 saturated carbocycles. The van der Waals surface area contributed by atoms with Crippen LogP contribution in [-0.2, 0) is 0 Å². The molecular weight excluding hydrogens is 564 g/mol. The highest BCUT2D eigenvalue weighted by atomic mass is 32.1. The zero-order valence-electron chi connectivity index (χ0n) is 24.3. The summed E-state index contributed by atoms with van der Waals surface area (Å²) in [6.45, 7) is 1.65.